The van der Waals surface area contributed by atoms with Crippen LogP contribution in [-0.2, 0) is 0 Å². The predicted molar refractivity (Wildman–Crippen MR) is 87.3 cm³/mol. The molecule has 0 spiro atoms. The molecular weight excluding hydrogens is 304 g/mol. The Kier molecular flexibility index (Phi) is 4.75. The maximum atomic E-state index is 11.0. The smallest absolute Gasteiger partial charge is 0.337 e. The monoisotopic (exact) mass is 316 g/mol. The fourth-order valence-electron chi connectivity index (χ4n) is 1.89. The standard InChI is InChI=1S/C15H13ClN4O2/c16-13-7-9(5-6-12(13)14(21)22)11-4-2-1-3-10(11)8-19-20-15(17)18/h1-8H,(H,21,22)(H4,17,18,20). The lowest BCUT2D eigenvalue weighted by Gasteiger charge is -2.07. The summed E-state index contributed by atoms with van der Waals surface area (Å²) in [5.41, 5.74) is 12.8. The lowest BCUT2D eigenvalue weighted by Crippen LogP contribution is -2.21. The number of rotatable bonds is 4. The van der Waals surface area contributed by atoms with Crippen molar-refractivity contribution in [2.45, 2.75) is 0 Å². The third-order valence-corrected chi connectivity index (χ3v) is 3.15. The Labute approximate surface area is 131 Å². The molecule has 22 heavy (non-hydrogen) atoms. The van der Waals surface area contributed by atoms with E-state index in [0.29, 0.717) is 0 Å². The van der Waals surface area contributed by atoms with Gasteiger partial charge in [-0.3, -0.25) is 0 Å². The van der Waals surface area contributed by atoms with Gasteiger partial charge in [-0.2, -0.15) is 5.10 Å². The van der Waals surface area contributed by atoms with Crippen LogP contribution < -0.4 is 11.5 Å². The van der Waals surface area contributed by atoms with Crippen molar-refractivity contribution in [3.63, 3.8) is 0 Å². The summed E-state index contributed by atoms with van der Waals surface area (Å²) in [5.74, 6) is -1.21. The number of benzene rings is 2. The van der Waals surface area contributed by atoms with Crippen LogP contribution in [0.4, 0.5) is 0 Å². The van der Waals surface area contributed by atoms with Crippen molar-refractivity contribution in [3.05, 3.63) is 58.6 Å². The van der Waals surface area contributed by atoms with Gasteiger partial charge in [0.15, 0.2) is 0 Å². The second-order valence-corrected chi connectivity index (χ2v) is 4.76. The third-order valence-electron chi connectivity index (χ3n) is 2.84. The quantitative estimate of drug-likeness (QED) is 0.456. The fourth-order valence-corrected chi connectivity index (χ4v) is 2.15. The predicted octanol–water partition coefficient (Wildman–Crippen LogP) is 2.31. The first kappa shape index (κ1) is 15.5. The average molecular weight is 317 g/mol. The van der Waals surface area contributed by atoms with Gasteiger partial charge < -0.3 is 16.6 Å². The van der Waals surface area contributed by atoms with Crippen LogP contribution in [0.2, 0.25) is 5.02 Å². The molecule has 0 aliphatic rings. The summed E-state index contributed by atoms with van der Waals surface area (Å²) in [7, 11) is 0. The number of carbonyl (C=O) groups is 1. The lowest BCUT2D eigenvalue weighted by atomic mass is 9.99. The molecule has 0 aliphatic heterocycles. The van der Waals surface area contributed by atoms with Crippen molar-refractivity contribution in [1.29, 1.82) is 0 Å². The Morgan fingerprint density at radius 3 is 2.55 bits per heavy atom. The Morgan fingerprint density at radius 2 is 1.91 bits per heavy atom. The molecule has 0 atom stereocenters. The minimum atomic E-state index is -1.07. The van der Waals surface area contributed by atoms with Crippen molar-refractivity contribution < 1.29 is 9.90 Å². The largest absolute Gasteiger partial charge is 0.478 e. The first-order valence-corrected chi connectivity index (χ1v) is 6.61. The average Bonchev–Trinajstić information content (AvgIpc) is 2.47. The van der Waals surface area contributed by atoms with E-state index in [1.807, 2.05) is 24.3 Å². The van der Waals surface area contributed by atoms with E-state index in [4.69, 9.17) is 28.2 Å². The molecule has 112 valence electrons. The van der Waals surface area contributed by atoms with Crippen molar-refractivity contribution in [1.82, 2.24) is 0 Å². The molecule has 0 heterocycles. The van der Waals surface area contributed by atoms with Gasteiger partial charge >= 0.3 is 5.97 Å². The second-order valence-electron chi connectivity index (χ2n) is 4.36. The molecule has 0 bridgehead atoms. The molecule has 2 rings (SSSR count). The number of nitrogens with zero attached hydrogens (tertiary/aromatic N) is 2. The third kappa shape index (κ3) is 3.62. The molecule has 0 unspecified atom stereocenters. The summed E-state index contributed by atoms with van der Waals surface area (Å²) in [6.07, 6.45) is 1.51. The zero-order valence-corrected chi connectivity index (χ0v) is 12.2. The molecule has 7 heteroatoms. The van der Waals surface area contributed by atoms with Gasteiger partial charge in [-0.05, 0) is 23.3 Å². The molecule has 0 amide bonds. The van der Waals surface area contributed by atoms with Gasteiger partial charge in [0.25, 0.3) is 0 Å². The lowest BCUT2D eigenvalue weighted by molar-refractivity contribution is 0.0697. The molecule has 2 aromatic rings. The summed E-state index contributed by atoms with van der Waals surface area (Å²) in [6.45, 7) is 0. The molecule has 0 aliphatic carbocycles. The van der Waals surface area contributed by atoms with Gasteiger partial charge in [0.1, 0.15) is 0 Å². The van der Waals surface area contributed by atoms with E-state index >= 15 is 0 Å². The topological polar surface area (TPSA) is 114 Å². The van der Waals surface area contributed by atoms with Gasteiger partial charge in [-0.15, -0.1) is 5.10 Å². The van der Waals surface area contributed by atoms with Gasteiger partial charge in [0.05, 0.1) is 16.8 Å². The molecule has 0 aromatic heterocycles. The van der Waals surface area contributed by atoms with E-state index in [1.165, 1.54) is 12.3 Å². The minimum Gasteiger partial charge on any atom is -0.478 e. The van der Waals surface area contributed by atoms with Gasteiger partial charge in [-0.1, -0.05) is 41.9 Å². The molecule has 0 radical (unpaired) electrons. The van der Waals surface area contributed by atoms with Gasteiger partial charge in [0.2, 0.25) is 5.96 Å². The van der Waals surface area contributed by atoms with Crippen LogP contribution in [-0.4, -0.2) is 23.2 Å². The number of nitrogens with two attached hydrogens (primary N) is 2. The number of guanidine groups is 1. The van der Waals surface area contributed by atoms with Crippen LogP contribution in [0.15, 0.2) is 52.7 Å². The Morgan fingerprint density at radius 1 is 1.18 bits per heavy atom. The van der Waals surface area contributed by atoms with Crippen LogP contribution in [0.25, 0.3) is 11.1 Å². The van der Waals surface area contributed by atoms with E-state index in [0.717, 1.165) is 16.7 Å². The summed E-state index contributed by atoms with van der Waals surface area (Å²) >= 11 is 6.00. The van der Waals surface area contributed by atoms with Crippen LogP contribution in [0.1, 0.15) is 15.9 Å². The van der Waals surface area contributed by atoms with Crippen molar-refractivity contribution in [2.24, 2.45) is 21.7 Å². The van der Waals surface area contributed by atoms with Crippen LogP contribution >= 0.6 is 11.6 Å². The number of halogens is 1. The number of aromatic carboxylic acids is 1. The number of hydrogen-bond donors (Lipinski definition) is 3. The van der Waals surface area contributed by atoms with Crippen LogP contribution in [0.3, 0.4) is 0 Å². The molecule has 0 fully saturated rings. The second kappa shape index (κ2) is 6.73. The highest BCUT2D eigenvalue weighted by atomic mass is 35.5. The maximum Gasteiger partial charge on any atom is 0.337 e. The zero-order valence-electron chi connectivity index (χ0n) is 11.4. The van der Waals surface area contributed by atoms with E-state index in [2.05, 4.69) is 10.2 Å². The van der Waals surface area contributed by atoms with E-state index in [1.54, 1.807) is 12.1 Å². The van der Waals surface area contributed by atoms with Gasteiger partial charge in [-0.25, -0.2) is 4.79 Å². The van der Waals surface area contributed by atoms with Crippen LogP contribution in [0, 0.1) is 0 Å². The molecular formula is C15H13ClN4O2. The Bertz CT molecular complexity index is 768. The Balaban J connectivity index is 2.45. The minimum absolute atomic E-state index is 0.0528. The summed E-state index contributed by atoms with van der Waals surface area (Å²) in [4.78, 5) is 11.0. The highest BCUT2D eigenvalue weighted by molar-refractivity contribution is 6.33. The van der Waals surface area contributed by atoms with Crippen LogP contribution in [0.5, 0.6) is 0 Å². The fraction of sp³-hybridized carbons (Fsp3) is 0. The normalized spacial score (nSPS) is 10.6. The summed E-state index contributed by atoms with van der Waals surface area (Å²) in [6, 6.07) is 12.1. The molecule has 0 saturated carbocycles. The highest BCUT2D eigenvalue weighted by Gasteiger charge is 2.11. The molecule has 5 N–H and O–H groups in total. The van der Waals surface area contributed by atoms with E-state index in [9.17, 15) is 4.79 Å². The molecule has 2 aromatic carbocycles. The van der Waals surface area contributed by atoms with E-state index in [-0.39, 0.29) is 16.5 Å². The molecule has 6 nitrogen and oxygen atoms in total. The van der Waals surface area contributed by atoms with Crippen molar-refractivity contribution in [2.75, 3.05) is 0 Å². The van der Waals surface area contributed by atoms with Gasteiger partial charge in [0, 0.05) is 5.56 Å². The zero-order chi connectivity index (χ0) is 16.1. The number of hydrogen-bond acceptors (Lipinski definition) is 3. The number of carboxylic acids is 1. The molecule has 0 saturated heterocycles. The maximum absolute atomic E-state index is 11.0. The van der Waals surface area contributed by atoms with Crippen molar-refractivity contribution in [3.8, 4) is 11.1 Å². The first-order chi connectivity index (χ1) is 10.5. The van der Waals surface area contributed by atoms with E-state index < -0.39 is 5.97 Å². The first-order valence-electron chi connectivity index (χ1n) is 6.23. The highest BCUT2D eigenvalue weighted by Crippen LogP contribution is 2.27. The summed E-state index contributed by atoms with van der Waals surface area (Å²) < 4.78 is 0. The summed E-state index contributed by atoms with van der Waals surface area (Å²) in [5, 5.41) is 16.5. The Hall–Kier alpha value is -2.86. The van der Waals surface area contributed by atoms with Crippen molar-refractivity contribution >= 4 is 29.7 Å². The number of carboxylic acid groups (broad SMARTS) is 1. The SMILES string of the molecule is NC(N)=NN=Cc1ccccc1-c1ccc(C(=O)O)c(Cl)c1.